The van der Waals surface area contributed by atoms with Gasteiger partial charge in [0.1, 0.15) is 11.6 Å². The second-order valence-electron chi connectivity index (χ2n) is 7.19. The van der Waals surface area contributed by atoms with Gasteiger partial charge >= 0.3 is 0 Å². The first-order valence-corrected chi connectivity index (χ1v) is 9.70. The van der Waals surface area contributed by atoms with Gasteiger partial charge < -0.3 is 19.7 Å². The number of ether oxygens (including phenoxy) is 2. The van der Waals surface area contributed by atoms with Crippen molar-refractivity contribution >= 4 is 5.96 Å². The van der Waals surface area contributed by atoms with Crippen molar-refractivity contribution in [3.63, 3.8) is 0 Å². The minimum absolute atomic E-state index is 0.0266. The number of likely N-dealkylation sites (tertiary alicyclic amines) is 1. The molecule has 1 saturated heterocycles. The van der Waals surface area contributed by atoms with Crippen molar-refractivity contribution in [2.24, 2.45) is 10.9 Å². The van der Waals surface area contributed by atoms with Gasteiger partial charge in [-0.25, -0.2) is 8.78 Å². The van der Waals surface area contributed by atoms with Crippen LogP contribution in [0.2, 0.25) is 0 Å². The molecule has 3 atom stereocenters. The van der Waals surface area contributed by atoms with Gasteiger partial charge in [0, 0.05) is 50.2 Å². The number of methoxy groups -OCH3 is 1. The maximum atomic E-state index is 14.0. The lowest BCUT2D eigenvalue weighted by molar-refractivity contribution is 0.0536. The molecule has 2 aliphatic rings. The summed E-state index contributed by atoms with van der Waals surface area (Å²) in [6.45, 7) is 6.38. The highest BCUT2D eigenvalue weighted by Crippen LogP contribution is 2.43. The molecule has 5 nitrogen and oxygen atoms in total. The van der Waals surface area contributed by atoms with Crippen LogP contribution in [0.1, 0.15) is 31.2 Å². The molecule has 1 heterocycles. The van der Waals surface area contributed by atoms with E-state index in [-0.39, 0.29) is 17.5 Å². The van der Waals surface area contributed by atoms with E-state index in [0.29, 0.717) is 32.3 Å². The first kappa shape index (κ1) is 20.0. The molecular weight excluding hydrogens is 352 g/mol. The largest absolute Gasteiger partial charge is 0.382 e. The highest BCUT2D eigenvalue weighted by atomic mass is 19.1. The Bertz CT molecular complexity index is 636. The molecule has 27 heavy (non-hydrogen) atoms. The fourth-order valence-electron chi connectivity index (χ4n) is 3.64. The summed E-state index contributed by atoms with van der Waals surface area (Å²) >= 11 is 0. The minimum Gasteiger partial charge on any atom is -0.382 e. The van der Waals surface area contributed by atoms with Gasteiger partial charge in [-0.3, -0.25) is 4.99 Å². The zero-order valence-corrected chi connectivity index (χ0v) is 16.1. The molecule has 3 unspecified atom stereocenters. The zero-order valence-electron chi connectivity index (χ0n) is 16.1. The maximum Gasteiger partial charge on any atom is 0.194 e. The fraction of sp³-hybridized carbons (Fsp3) is 0.650. The van der Waals surface area contributed by atoms with Gasteiger partial charge in [0.2, 0.25) is 0 Å². The third-order valence-corrected chi connectivity index (χ3v) is 5.15. The third-order valence-electron chi connectivity index (χ3n) is 5.15. The Morgan fingerprint density at radius 2 is 2.07 bits per heavy atom. The molecule has 150 valence electrons. The lowest BCUT2D eigenvalue weighted by atomic mass is 10.1. The van der Waals surface area contributed by atoms with Crippen LogP contribution in [0.4, 0.5) is 8.78 Å². The van der Waals surface area contributed by atoms with Crippen LogP contribution in [0, 0.1) is 17.6 Å². The standard InChI is InChI=1S/C20H29F2N3O2/c1-3-23-20(25-8-7-14(12-25)13-27-10-9-26-2)24-18-11-15(18)19-16(21)5-4-6-17(19)22/h4-6,14-15,18H,3,7-13H2,1-2H3,(H,23,24). The van der Waals surface area contributed by atoms with Gasteiger partial charge in [-0.2, -0.15) is 0 Å². The van der Waals surface area contributed by atoms with Gasteiger partial charge in [-0.05, 0) is 31.9 Å². The van der Waals surface area contributed by atoms with Crippen molar-refractivity contribution in [2.45, 2.75) is 31.7 Å². The van der Waals surface area contributed by atoms with E-state index in [9.17, 15) is 8.78 Å². The van der Waals surface area contributed by atoms with Crippen LogP contribution in [0.15, 0.2) is 23.2 Å². The number of benzene rings is 1. The summed E-state index contributed by atoms with van der Waals surface area (Å²) < 4.78 is 38.6. The van der Waals surface area contributed by atoms with Gasteiger partial charge in [-0.15, -0.1) is 0 Å². The van der Waals surface area contributed by atoms with Crippen LogP contribution >= 0.6 is 0 Å². The summed E-state index contributed by atoms with van der Waals surface area (Å²) in [5, 5.41) is 3.42. The first-order valence-electron chi connectivity index (χ1n) is 9.70. The third kappa shape index (κ3) is 5.17. The van der Waals surface area contributed by atoms with Crippen LogP contribution in [-0.4, -0.2) is 63.5 Å². The summed E-state index contributed by atoms with van der Waals surface area (Å²) in [6.07, 6.45) is 1.77. The number of hydrogen-bond acceptors (Lipinski definition) is 3. The van der Waals surface area contributed by atoms with Crippen molar-refractivity contribution in [2.75, 3.05) is 46.6 Å². The maximum absolute atomic E-state index is 14.0. The Morgan fingerprint density at radius 3 is 2.78 bits per heavy atom. The van der Waals surface area contributed by atoms with E-state index in [2.05, 4.69) is 15.2 Å². The second kappa shape index (κ2) is 9.46. The molecule has 0 amide bonds. The van der Waals surface area contributed by atoms with Crippen molar-refractivity contribution in [3.05, 3.63) is 35.4 Å². The molecule has 0 bridgehead atoms. The van der Waals surface area contributed by atoms with E-state index < -0.39 is 11.6 Å². The molecule has 3 rings (SSSR count). The summed E-state index contributed by atoms with van der Waals surface area (Å²) in [6, 6.07) is 4.08. The summed E-state index contributed by atoms with van der Waals surface area (Å²) in [7, 11) is 1.66. The van der Waals surface area contributed by atoms with Crippen molar-refractivity contribution < 1.29 is 18.3 Å². The molecule has 1 N–H and O–H groups in total. The van der Waals surface area contributed by atoms with E-state index in [1.807, 2.05) is 6.92 Å². The van der Waals surface area contributed by atoms with E-state index in [1.165, 1.54) is 18.2 Å². The van der Waals surface area contributed by atoms with E-state index >= 15 is 0 Å². The van der Waals surface area contributed by atoms with Crippen molar-refractivity contribution in [1.82, 2.24) is 10.2 Å². The monoisotopic (exact) mass is 381 g/mol. The number of rotatable bonds is 8. The molecular formula is C20H29F2N3O2. The average molecular weight is 381 g/mol. The Kier molecular flexibility index (Phi) is 7.01. The Morgan fingerprint density at radius 1 is 1.30 bits per heavy atom. The van der Waals surface area contributed by atoms with Crippen LogP contribution in [0.5, 0.6) is 0 Å². The van der Waals surface area contributed by atoms with Crippen molar-refractivity contribution in [3.8, 4) is 0 Å². The van der Waals surface area contributed by atoms with Crippen LogP contribution < -0.4 is 5.32 Å². The smallest absolute Gasteiger partial charge is 0.194 e. The molecule has 1 saturated carbocycles. The highest BCUT2D eigenvalue weighted by Gasteiger charge is 2.43. The molecule has 1 aliphatic heterocycles. The number of guanidine groups is 1. The van der Waals surface area contributed by atoms with Gasteiger partial charge in [0.25, 0.3) is 0 Å². The molecule has 0 aromatic heterocycles. The Balaban J connectivity index is 1.53. The quantitative estimate of drug-likeness (QED) is 0.427. The number of halogens is 2. The molecule has 2 fully saturated rings. The van der Waals surface area contributed by atoms with Crippen LogP contribution in [0.3, 0.4) is 0 Å². The SMILES string of the molecule is CCN=C(NC1CC1c1c(F)cccc1F)N1CCC(COCCOC)C1. The fourth-order valence-corrected chi connectivity index (χ4v) is 3.64. The molecule has 1 aliphatic carbocycles. The average Bonchev–Trinajstić information content (AvgIpc) is 3.22. The van der Waals surface area contributed by atoms with Crippen LogP contribution in [-0.2, 0) is 9.47 Å². The highest BCUT2D eigenvalue weighted by molar-refractivity contribution is 5.81. The predicted octanol–water partition coefficient (Wildman–Crippen LogP) is 2.77. The molecule has 0 radical (unpaired) electrons. The zero-order chi connectivity index (χ0) is 19.2. The van der Waals surface area contributed by atoms with Gasteiger partial charge in [0.05, 0.1) is 19.8 Å². The Hall–Kier alpha value is -1.73. The van der Waals surface area contributed by atoms with E-state index in [1.54, 1.807) is 7.11 Å². The van der Waals surface area contributed by atoms with Gasteiger partial charge in [0.15, 0.2) is 5.96 Å². The number of hydrogen-bond donors (Lipinski definition) is 1. The normalized spacial score (nSPS) is 25.1. The minimum atomic E-state index is -0.465. The first-order chi connectivity index (χ1) is 13.1. The Labute approximate surface area is 159 Å². The molecule has 1 aromatic carbocycles. The lowest BCUT2D eigenvalue weighted by Gasteiger charge is -2.22. The number of nitrogens with one attached hydrogen (secondary N) is 1. The predicted molar refractivity (Wildman–Crippen MR) is 101 cm³/mol. The number of nitrogens with zero attached hydrogens (tertiary/aromatic N) is 2. The lowest BCUT2D eigenvalue weighted by Crippen LogP contribution is -2.42. The molecule has 7 heteroatoms. The topological polar surface area (TPSA) is 46.1 Å². The molecule has 0 spiro atoms. The summed E-state index contributed by atoms with van der Waals surface area (Å²) in [4.78, 5) is 6.81. The van der Waals surface area contributed by atoms with Crippen LogP contribution in [0.25, 0.3) is 0 Å². The van der Waals surface area contributed by atoms with E-state index in [4.69, 9.17) is 9.47 Å². The van der Waals surface area contributed by atoms with Gasteiger partial charge in [-0.1, -0.05) is 6.07 Å². The summed E-state index contributed by atoms with van der Waals surface area (Å²) in [5.74, 6) is 0.232. The van der Waals surface area contributed by atoms with E-state index in [0.717, 1.165) is 31.9 Å². The van der Waals surface area contributed by atoms with Crippen molar-refractivity contribution in [1.29, 1.82) is 0 Å². The second-order valence-corrected chi connectivity index (χ2v) is 7.19. The molecule has 1 aromatic rings. The summed E-state index contributed by atoms with van der Waals surface area (Å²) in [5.41, 5.74) is 0.191. The number of aliphatic imine (C=N–C) groups is 1.